The molecule has 3 aromatic carbocycles. The van der Waals surface area contributed by atoms with Gasteiger partial charge in [-0.15, -0.1) is 0 Å². The summed E-state index contributed by atoms with van der Waals surface area (Å²) in [4.78, 5) is 4.43. The van der Waals surface area contributed by atoms with Crippen molar-refractivity contribution in [1.29, 1.82) is 0 Å². The lowest BCUT2D eigenvalue weighted by atomic mass is 10.0. The van der Waals surface area contributed by atoms with Gasteiger partial charge >= 0.3 is 0 Å². The summed E-state index contributed by atoms with van der Waals surface area (Å²) in [6, 6.07) is 23.0. The third-order valence-corrected chi connectivity index (χ3v) is 6.75. The Hall–Kier alpha value is -3.73. The molecular weight excluding hydrogens is 492 g/mol. The molecule has 3 nitrogen and oxygen atoms in total. The van der Waals surface area contributed by atoms with E-state index in [0.717, 1.165) is 24.0 Å². The molecule has 204 valence electrons. The van der Waals surface area contributed by atoms with Gasteiger partial charge in [0.25, 0.3) is 0 Å². The summed E-state index contributed by atoms with van der Waals surface area (Å²) in [6.45, 7) is 3.11. The van der Waals surface area contributed by atoms with E-state index in [1.54, 1.807) is 30.5 Å². The molecule has 0 bridgehead atoms. The number of ether oxygens (including phenoxy) is 2. The van der Waals surface area contributed by atoms with Gasteiger partial charge in [0.05, 0.1) is 12.3 Å². The van der Waals surface area contributed by atoms with Gasteiger partial charge in [-0.05, 0) is 47.9 Å². The molecule has 0 aliphatic rings. The minimum absolute atomic E-state index is 0.267. The zero-order chi connectivity index (χ0) is 27.3. The quantitative estimate of drug-likeness (QED) is 0.144. The van der Waals surface area contributed by atoms with Crippen LogP contribution in [-0.4, -0.2) is 11.6 Å². The molecule has 1 heterocycles. The molecule has 0 radical (unpaired) electrons. The highest BCUT2D eigenvalue weighted by atomic mass is 19.1. The van der Waals surface area contributed by atoms with Crippen LogP contribution in [0.1, 0.15) is 63.9 Å². The van der Waals surface area contributed by atoms with Crippen molar-refractivity contribution >= 4 is 0 Å². The third kappa shape index (κ3) is 8.64. The van der Waals surface area contributed by atoms with Crippen LogP contribution in [0.2, 0.25) is 0 Å². The average Bonchev–Trinajstić information content (AvgIpc) is 2.96. The zero-order valence-electron chi connectivity index (χ0n) is 22.7. The Balaban J connectivity index is 1.28. The Morgan fingerprint density at radius 2 is 1.41 bits per heavy atom. The van der Waals surface area contributed by atoms with Crippen LogP contribution in [0.15, 0.2) is 85.1 Å². The summed E-state index contributed by atoms with van der Waals surface area (Å²) in [6.07, 6.45) is 11.3. The highest BCUT2D eigenvalue weighted by Gasteiger charge is 2.11. The molecule has 0 saturated heterocycles. The van der Waals surface area contributed by atoms with E-state index in [-0.39, 0.29) is 5.75 Å². The maximum atomic E-state index is 14.8. The largest absolute Gasteiger partial charge is 0.491 e. The number of hydrogen-bond donors (Lipinski definition) is 0. The Labute approximate surface area is 230 Å². The number of nitrogens with zero attached hydrogens (tertiary/aromatic N) is 1. The van der Waals surface area contributed by atoms with E-state index in [1.807, 2.05) is 42.5 Å². The van der Waals surface area contributed by atoms with Gasteiger partial charge in [-0.3, -0.25) is 4.98 Å². The summed E-state index contributed by atoms with van der Waals surface area (Å²) in [5, 5.41) is 0. The molecule has 0 amide bonds. The Kier molecular flexibility index (Phi) is 10.9. The summed E-state index contributed by atoms with van der Waals surface area (Å²) in [5.41, 5.74) is 3.33. The fourth-order valence-electron chi connectivity index (χ4n) is 4.47. The van der Waals surface area contributed by atoms with Crippen molar-refractivity contribution in [3.05, 3.63) is 102 Å². The summed E-state index contributed by atoms with van der Waals surface area (Å²) in [5.74, 6) is -0.0852. The van der Waals surface area contributed by atoms with Crippen molar-refractivity contribution in [2.45, 2.75) is 64.9 Å². The molecule has 0 saturated carbocycles. The average molecular weight is 530 g/mol. The maximum Gasteiger partial charge on any atom is 0.165 e. The number of pyridine rings is 1. The first-order valence-corrected chi connectivity index (χ1v) is 14.0. The number of unbranched alkanes of at least 4 members (excludes halogenated alkanes) is 7. The van der Waals surface area contributed by atoms with Gasteiger partial charge in [-0.2, -0.15) is 0 Å². The fraction of sp³-hybridized carbons (Fsp3) is 0.324. The summed E-state index contributed by atoms with van der Waals surface area (Å²) >= 11 is 0. The molecule has 39 heavy (non-hydrogen) atoms. The molecular formula is C34H37F2NO2. The lowest BCUT2D eigenvalue weighted by Crippen LogP contribution is -1.99. The second-order valence-electron chi connectivity index (χ2n) is 9.82. The van der Waals surface area contributed by atoms with Gasteiger partial charge in [0.1, 0.15) is 18.2 Å². The predicted molar refractivity (Wildman–Crippen MR) is 154 cm³/mol. The van der Waals surface area contributed by atoms with Gasteiger partial charge in [-0.25, -0.2) is 8.78 Å². The first-order valence-electron chi connectivity index (χ1n) is 14.0. The molecule has 0 N–H and O–H groups in total. The standard InChI is InChI=1S/C34H37F2NO2/c1-2-3-4-5-6-7-8-12-21-38-34-20-16-27(22-32(34)36)28-15-19-33(37-24-28)30-18-17-29(23-31(30)35)39-25-26-13-10-9-11-14-26/h9-11,13-20,22-24H,2-8,12,21,25H2,1H3. The van der Waals surface area contributed by atoms with Crippen LogP contribution in [0.3, 0.4) is 0 Å². The monoisotopic (exact) mass is 529 g/mol. The Morgan fingerprint density at radius 3 is 2.10 bits per heavy atom. The zero-order valence-corrected chi connectivity index (χ0v) is 22.7. The molecule has 0 atom stereocenters. The van der Waals surface area contributed by atoms with E-state index in [4.69, 9.17) is 9.47 Å². The minimum Gasteiger partial charge on any atom is -0.491 e. The van der Waals surface area contributed by atoms with Crippen LogP contribution in [-0.2, 0) is 6.61 Å². The van der Waals surface area contributed by atoms with E-state index in [2.05, 4.69) is 11.9 Å². The number of hydrogen-bond acceptors (Lipinski definition) is 3. The van der Waals surface area contributed by atoms with Crippen LogP contribution < -0.4 is 9.47 Å². The fourth-order valence-corrected chi connectivity index (χ4v) is 4.47. The third-order valence-electron chi connectivity index (χ3n) is 6.75. The van der Waals surface area contributed by atoms with Crippen LogP contribution in [0, 0.1) is 11.6 Å². The highest BCUT2D eigenvalue weighted by Crippen LogP contribution is 2.29. The first kappa shape index (κ1) is 28.3. The van der Waals surface area contributed by atoms with Gasteiger partial charge in [-0.1, -0.05) is 94.3 Å². The molecule has 4 aromatic rings. The van der Waals surface area contributed by atoms with Crippen molar-refractivity contribution in [2.24, 2.45) is 0 Å². The molecule has 4 rings (SSSR count). The van der Waals surface area contributed by atoms with Crippen LogP contribution in [0.4, 0.5) is 8.78 Å². The smallest absolute Gasteiger partial charge is 0.165 e. The second kappa shape index (κ2) is 15.0. The van der Waals surface area contributed by atoms with E-state index in [1.165, 1.54) is 50.7 Å². The molecule has 1 aromatic heterocycles. The Morgan fingerprint density at radius 1 is 0.667 bits per heavy atom. The number of rotatable bonds is 15. The second-order valence-corrected chi connectivity index (χ2v) is 9.82. The topological polar surface area (TPSA) is 31.4 Å². The molecule has 5 heteroatoms. The van der Waals surface area contributed by atoms with Crippen molar-refractivity contribution in [2.75, 3.05) is 6.61 Å². The number of aromatic nitrogens is 1. The minimum atomic E-state index is -0.412. The van der Waals surface area contributed by atoms with Crippen molar-refractivity contribution in [1.82, 2.24) is 4.98 Å². The maximum absolute atomic E-state index is 14.8. The van der Waals surface area contributed by atoms with E-state index >= 15 is 0 Å². The summed E-state index contributed by atoms with van der Waals surface area (Å²) in [7, 11) is 0. The van der Waals surface area contributed by atoms with E-state index in [9.17, 15) is 8.78 Å². The Bertz CT molecular complexity index is 1290. The number of benzene rings is 3. The predicted octanol–water partition coefficient (Wildman–Crippen LogP) is 9.79. The normalized spacial score (nSPS) is 10.9. The lowest BCUT2D eigenvalue weighted by molar-refractivity contribution is 0.290. The van der Waals surface area contributed by atoms with Gasteiger partial charge in [0, 0.05) is 23.4 Å². The van der Waals surface area contributed by atoms with Crippen LogP contribution in [0.5, 0.6) is 11.5 Å². The highest BCUT2D eigenvalue weighted by molar-refractivity contribution is 5.68. The van der Waals surface area contributed by atoms with Crippen LogP contribution in [0.25, 0.3) is 22.4 Å². The lowest BCUT2D eigenvalue weighted by Gasteiger charge is -2.10. The van der Waals surface area contributed by atoms with Gasteiger partial charge in [0.15, 0.2) is 11.6 Å². The molecule has 0 spiro atoms. The van der Waals surface area contributed by atoms with E-state index in [0.29, 0.717) is 35.8 Å². The van der Waals surface area contributed by atoms with E-state index < -0.39 is 11.6 Å². The molecule has 0 aliphatic carbocycles. The van der Waals surface area contributed by atoms with Crippen molar-refractivity contribution in [3.8, 4) is 33.9 Å². The molecule has 0 aliphatic heterocycles. The van der Waals surface area contributed by atoms with Gasteiger partial charge < -0.3 is 9.47 Å². The SMILES string of the molecule is CCCCCCCCCCOc1ccc(-c2ccc(-c3ccc(OCc4ccccc4)cc3F)nc2)cc1F. The van der Waals surface area contributed by atoms with Gasteiger partial charge in [0.2, 0.25) is 0 Å². The molecule has 0 unspecified atom stereocenters. The first-order chi connectivity index (χ1) is 19.1. The van der Waals surface area contributed by atoms with Crippen molar-refractivity contribution in [3.63, 3.8) is 0 Å². The molecule has 0 fully saturated rings. The number of halogens is 2. The van der Waals surface area contributed by atoms with Crippen LogP contribution >= 0.6 is 0 Å². The summed E-state index contributed by atoms with van der Waals surface area (Å²) < 4.78 is 40.9. The van der Waals surface area contributed by atoms with Crippen molar-refractivity contribution < 1.29 is 18.3 Å².